The van der Waals surface area contributed by atoms with Crippen molar-refractivity contribution in [2.24, 2.45) is 0 Å². The summed E-state index contributed by atoms with van der Waals surface area (Å²) in [6.07, 6.45) is 0.385. The molecule has 23 heavy (non-hydrogen) atoms. The lowest BCUT2D eigenvalue weighted by molar-refractivity contribution is -0.120. The highest BCUT2D eigenvalue weighted by Crippen LogP contribution is 2.31. The lowest BCUT2D eigenvalue weighted by Gasteiger charge is -2.19. The van der Waals surface area contributed by atoms with E-state index in [0.29, 0.717) is 30.0 Å². The van der Waals surface area contributed by atoms with Crippen LogP contribution in [-0.4, -0.2) is 19.1 Å². The van der Waals surface area contributed by atoms with Gasteiger partial charge in [0.1, 0.15) is 17.4 Å². The van der Waals surface area contributed by atoms with E-state index < -0.39 is 11.6 Å². The maximum Gasteiger partial charge on any atom is 0.264 e. The summed E-state index contributed by atoms with van der Waals surface area (Å²) >= 11 is 0. The first kappa shape index (κ1) is 15.5. The molecule has 1 heterocycles. The van der Waals surface area contributed by atoms with E-state index in [9.17, 15) is 13.6 Å². The first-order chi connectivity index (χ1) is 11.0. The van der Waals surface area contributed by atoms with Crippen LogP contribution in [0.4, 0.5) is 14.5 Å². The van der Waals surface area contributed by atoms with Crippen LogP contribution in [0.2, 0.25) is 0 Å². The van der Waals surface area contributed by atoms with Crippen molar-refractivity contribution < 1.29 is 18.3 Å². The van der Waals surface area contributed by atoms with Gasteiger partial charge in [0.25, 0.3) is 5.91 Å². The van der Waals surface area contributed by atoms with Crippen molar-refractivity contribution >= 4 is 11.6 Å². The van der Waals surface area contributed by atoms with Crippen LogP contribution >= 0.6 is 0 Å². The number of rotatable bonds is 3. The molecule has 0 N–H and O–H groups in total. The lowest BCUT2D eigenvalue weighted by atomic mass is 10.1. The maximum absolute atomic E-state index is 13.7. The minimum atomic E-state index is -0.684. The number of aryl methyl sites for hydroxylation is 2. The molecule has 0 fully saturated rings. The Hall–Kier alpha value is -2.43. The molecule has 0 radical (unpaired) electrons. The van der Waals surface area contributed by atoms with Crippen molar-refractivity contribution in [2.45, 2.75) is 20.3 Å². The van der Waals surface area contributed by atoms with E-state index in [1.54, 1.807) is 0 Å². The second-order valence-electron chi connectivity index (χ2n) is 5.69. The third kappa shape index (κ3) is 2.91. The van der Waals surface area contributed by atoms with E-state index in [1.165, 1.54) is 11.0 Å². The van der Waals surface area contributed by atoms with Gasteiger partial charge in [-0.3, -0.25) is 4.79 Å². The Morgan fingerprint density at radius 3 is 2.61 bits per heavy atom. The summed E-state index contributed by atoms with van der Waals surface area (Å²) in [6, 6.07) is 7.77. The molecule has 0 spiro atoms. The Labute approximate surface area is 133 Å². The van der Waals surface area contributed by atoms with Gasteiger partial charge >= 0.3 is 0 Å². The predicted molar refractivity (Wildman–Crippen MR) is 83.8 cm³/mol. The fourth-order valence-electron chi connectivity index (χ4n) is 2.92. The van der Waals surface area contributed by atoms with Gasteiger partial charge in [-0.2, -0.15) is 0 Å². The zero-order valence-corrected chi connectivity index (χ0v) is 13.0. The van der Waals surface area contributed by atoms with Crippen LogP contribution in [0.3, 0.4) is 0 Å². The van der Waals surface area contributed by atoms with E-state index in [4.69, 9.17) is 4.74 Å². The molecule has 1 amide bonds. The molecule has 0 aromatic heterocycles. The van der Waals surface area contributed by atoms with Gasteiger partial charge < -0.3 is 9.64 Å². The number of anilines is 1. The molecule has 0 bridgehead atoms. The minimum absolute atomic E-state index is 0.163. The molecule has 1 aliphatic rings. The van der Waals surface area contributed by atoms with Crippen LogP contribution < -0.4 is 9.64 Å². The molecule has 0 unspecified atom stereocenters. The summed E-state index contributed by atoms with van der Waals surface area (Å²) in [5.41, 5.74) is 2.57. The zero-order chi connectivity index (χ0) is 16.6. The summed E-state index contributed by atoms with van der Waals surface area (Å²) in [6.45, 7) is 3.99. The third-order valence-corrected chi connectivity index (χ3v) is 4.06. The van der Waals surface area contributed by atoms with Gasteiger partial charge in [0.2, 0.25) is 0 Å². The average Bonchev–Trinajstić information content (AvgIpc) is 2.90. The van der Waals surface area contributed by atoms with Crippen molar-refractivity contribution in [3.05, 3.63) is 58.7 Å². The molecule has 0 saturated heterocycles. The standard InChI is InChI=1S/C18H17F2NO2/c1-11-4-3-5-12(2)18(11)23-10-17(22)21-7-6-14-15(20)8-13(19)9-16(14)21/h3-5,8-9H,6-7,10H2,1-2H3. The Kier molecular flexibility index (Phi) is 4.03. The average molecular weight is 317 g/mol. The van der Waals surface area contributed by atoms with E-state index in [0.717, 1.165) is 17.2 Å². The molecule has 5 heteroatoms. The highest BCUT2D eigenvalue weighted by Gasteiger charge is 2.28. The normalized spacial score (nSPS) is 13.1. The predicted octanol–water partition coefficient (Wildman–Crippen LogP) is 3.55. The number of hydrogen-bond acceptors (Lipinski definition) is 2. The lowest BCUT2D eigenvalue weighted by Crippen LogP contribution is -2.33. The minimum Gasteiger partial charge on any atom is -0.483 e. The van der Waals surface area contributed by atoms with Gasteiger partial charge in [-0.25, -0.2) is 8.78 Å². The largest absolute Gasteiger partial charge is 0.483 e. The smallest absolute Gasteiger partial charge is 0.264 e. The zero-order valence-electron chi connectivity index (χ0n) is 13.0. The highest BCUT2D eigenvalue weighted by molar-refractivity contribution is 5.96. The second-order valence-corrected chi connectivity index (χ2v) is 5.69. The number of para-hydroxylation sites is 1. The number of ether oxygens (including phenoxy) is 1. The molecule has 120 valence electrons. The SMILES string of the molecule is Cc1cccc(C)c1OCC(=O)N1CCc2c(F)cc(F)cc21. The molecule has 3 nitrogen and oxygen atoms in total. The van der Waals surface area contributed by atoms with Crippen LogP contribution in [-0.2, 0) is 11.2 Å². The number of carbonyl (C=O) groups is 1. The van der Waals surface area contributed by atoms with Crippen molar-refractivity contribution in [2.75, 3.05) is 18.1 Å². The molecule has 2 aromatic carbocycles. The van der Waals surface area contributed by atoms with Gasteiger partial charge in [0.15, 0.2) is 6.61 Å². The number of hydrogen-bond donors (Lipinski definition) is 0. The first-order valence-electron chi connectivity index (χ1n) is 7.44. The van der Waals surface area contributed by atoms with E-state index in [2.05, 4.69) is 0 Å². The molecular formula is C18H17F2NO2. The van der Waals surface area contributed by atoms with Crippen LogP contribution in [0.1, 0.15) is 16.7 Å². The molecule has 2 aromatic rings. The summed E-state index contributed by atoms with van der Waals surface area (Å²) in [4.78, 5) is 13.8. The summed E-state index contributed by atoms with van der Waals surface area (Å²) < 4.78 is 32.8. The summed E-state index contributed by atoms with van der Waals surface area (Å²) in [5.74, 6) is -0.926. The van der Waals surface area contributed by atoms with Gasteiger partial charge in [0.05, 0.1) is 5.69 Å². The van der Waals surface area contributed by atoms with Crippen molar-refractivity contribution in [3.63, 3.8) is 0 Å². The maximum atomic E-state index is 13.7. The van der Waals surface area contributed by atoms with Gasteiger partial charge in [-0.1, -0.05) is 18.2 Å². The molecular weight excluding hydrogens is 300 g/mol. The van der Waals surface area contributed by atoms with E-state index >= 15 is 0 Å². The summed E-state index contributed by atoms with van der Waals surface area (Å²) in [5, 5.41) is 0. The Morgan fingerprint density at radius 2 is 1.91 bits per heavy atom. The number of halogens is 2. The fraction of sp³-hybridized carbons (Fsp3) is 0.278. The van der Waals surface area contributed by atoms with Crippen LogP contribution in [0.5, 0.6) is 5.75 Å². The Balaban J connectivity index is 1.77. The Bertz CT molecular complexity index is 754. The number of amides is 1. The highest BCUT2D eigenvalue weighted by atomic mass is 19.1. The van der Waals surface area contributed by atoms with Crippen LogP contribution in [0.15, 0.2) is 30.3 Å². The van der Waals surface area contributed by atoms with Crippen molar-refractivity contribution in [1.29, 1.82) is 0 Å². The topological polar surface area (TPSA) is 29.5 Å². The monoisotopic (exact) mass is 317 g/mol. The number of nitrogens with zero attached hydrogens (tertiary/aromatic N) is 1. The number of benzene rings is 2. The molecule has 1 aliphatic heterocycles. The molecule has 0 aliphatic carbocycles. The van der Waals surface area contributed by atoms with Gasteiger partial charge in [-0.05, 0) is 37.5 Å². The Morgan fingerprint density at radius 1 is 1.22 bits per heavy atom. The molecule has 0 saturated carbocycles. The van der Waals surface area contributed by atoms with Crippen molar-refractivity contribution in [3.8, 4) is 5.75 Å². The quantitative estimate of drug-likeness (QED) is 0.866. The molecule has 3 rings (SSSR count). The van der Waals surface area contributed by atoms with Crippen LogP contribution in [0.25, 0.3) is 0 Å². The van der Waals surface area contributed by atoms with Gasteiger partial charge in [-0.15, -0.1) is 0 Å². The fourth-order valence-corrected chi connectivity index (χ4v) is 2.92. The number of carbonyl (C=O) groups excluding carboxylic acids is 1. The van der Waals surface area contributed by atoms with E-state index in [-0.39, 0.29) is 12.5 Å². The van der Waals surface area contributed by atoms with E-state index in [1.807, 2.05) is 32.0 Å². The third-order valence-electron chi connectivity index (χ3n) is 4.06. The number of fused-ring (bicyclic) bond motifs is 1. The second kappa shape index (κ2) is 5.99. The van der Waals surface area contributed by atoms with Crippen molar-refractivity contribution in [1.82, 2.24) is 0 Å². The summed E-state index contributed by atoms with van der Waals surface area (Å²) in [7, 11) is 0. The van der Waals surface area contributed by atoms with Crippen LogP contribution in [0, 0.1) is 25.5 Å². The molecule has 0 atom stereocenters. The van der Waals surface area contributed by atoms with Gasteiger partial charge in [0, 0.05) is 18.2 Å². The first-order valence-corrected chi connectivity index (χ1v) is 7.44.